The molecule has 0 aliphatic heterocycles. The number of hydrogen-bond acceptors (Lipinski definition) is 11. The number of furan rings is 2. The number of benzene rings is 2. The number of anilines is 2. The van der Waals surface area contributed by atoms with Gasteiger partial charge in [0.25, 0.3) is 11.1 Å². The first kappa shape index (κ1) is 32.6. The molecule has 6 aromatic heterocycles. The van der Waals surface area contributed by atoms with E-state index in [1.165, 1.54) is 21.7 Å². The number of rotatable bonds is 10. The van der Waals surface area contributed by atoms with Crippen molar-refractivity contribution in [2.45, 2.75) is 13.1 Å². The Balaban J connectivity index is 1.36. The first-order valence-corrected chi connectivity index (χ1v) is 17.7. The minimum absolute atomic E-state index is 0.0595. The zero-order valence-corrected chi connectivity index (χ0v) is 28.9. The molecule has 256 valence electrons. The Hall–Kier alpha value is -6.57. The van der Waals surface area contributed by atoms with E-state index in [1.54, 1.807) is 48.8 Å². The number of carbonyl (C=O) groups excluding carboxylic acids is 1. The first-order chi connectivity index (χ1) is 25.4. The van der Waals surface area contributed by atoms with Gasteiger partial charge in [-0.15, -0.1) is 0 Å². The normalized spacial score (nSPS) is 11.2. The van der Waals surface area contributed by atoms with Gasteiger partial charge in [0.1, 0.15) is 11.4 Å². The molecule has 8 aromatic rings. The predicted molar refractivity (Wildman–Crippen MR) is 202 cm³/mol. The van der Waals surface area contributed by atoms with Crippen molar-refractivity contribution in [3.63, 3.8) is 0 Å². The SMILES string of the molecule is Nc1nc(-c2ccco2)c(-c2c(C(=O)c3ccn(Cc4ccccc4)c(=O)c3-c3sc(N)nc3-c3ccco3)ccn(Cc3ccccc3)c2=O)s1. The maximum Gasteiger partial charge on any atom is 0.260 e. The molecule has 0 spiro atoms. The fraction of sp³-hybridized carbons (Fsp3) is 0.0513. The Morgan fingerprint density at radius 3 is 1.40 bits per heavy atom. The Kier molecular flexibility index (Phi) is 8.55. The average molecular weight is 725 g/mol. The van der Waals surface area contributed by atoms with E-state index in [-0.39, 0.29) is 45.6 Å². The van der Waals surface area contributed by atoms with Gasteiger partial charge in [0, 0.05) is 23.5 Å². The summed E-state index contributed by atoms with van der Waals surface area (Å²) in [6.07, 6.45) is 6.15. The van der Waals surface area contributed by atoms with Gasteiger partial charge in [0.05, 0.1) is 46.5 Å². The third kappa shape index (κ3) is 6.08. The molecule has 0 aliphatic rings. The second-order valence-corrected chi connectivity index (χ2v) is 13.9. The van der Waals surface area contributed by atoms with Gasteiger partial charge in [0.15, 0.2) is 27.6 Å². The number of nitrogens with two attached hydrogens (primary N) is 2. The lowest BCUT2D eigenvalue weighted by atomic mass is 9.94. The van der Waals surface area contributed by atoms with Crippen LogP contribution < -0.4 is 22.6 Å². The van der Waals surface area contributed by atoms with Crippen molar-refractivity contribution >= 4 is 38.7 Å². The number of ketones is 1. The van der Waals surface area contributed by atoms with E-state index >= 15 is 4.79 Å². The number of hydrogen-bond donors (Lipinski definition) is 2. The molecule has 0 atom stereocenters. The van der Waals surface area contributed by atoms with Crippen molar-refractivity contribution in [2.24, 2.45) is 0 Å². The summed E-state index contributed by atoms with van der Waals surface area (Å²) in [7, 11) is 0. The number of pyridine rings is 2. The lowest BCUT2D eigenvalue weighted by Gasteiger charge is -2.15. The number of carbonyl (C=O) groups is 1. The van der Waals surface area contributed by atoms with E-state index in [1.807, 2.05) is 60.7 Å². The molecule has 0 aliphatic carbocycles. The van der Waals surface area contributed by atoms with Gasteiger partial charge >= 0.3 is 0 Å². The molecule has 8 rings (SSSR count). The van der Waals surface area contributed by atoms with Crippen molar-refractivity contribution in [3.05, 3.63) is 165 Å². The van der Waals surface area contributed by atoms with E-state index in [4.69, 9.17) is 20.3 Å². The van der Waals surface area contributed by atoms with Crippen LogP contribution in [0.5, 0.6) is 0 Å². The van der Waals surface area contributed by atoms with Crippen LogP contribution in [-0.4, -0.2) is 24.9 Å². The molecule has 52 heavy (non-hydrogen) atoms. The second-order valence-electron chi connectivity index (χ2n) is 11.8. The summed E-state index contributed by atoms with van der Waals surface area (Å²) in [6, 6.07) is 29.0. The number of nitrogens with zero attached hydrogens (tertiary/aromatic N) is 4. The van der Waals surface area contributed by atoms with Crippen LogP contribution in [0, 0.1) is 0 Å². The van der Waals surface area contributed by atoms with E-state index < -0.39 is 16.9 Å². The molecular weight excluding hydrogens is 697 g/mol. The molecule has 0 radical (unpaired) electrons. The molecule has 0 fully saturated rings. The molecule has 0 amide bonds. The number of nitrogen functional groups attached to an aromatic ring is 2. The molecule has 4 N–H and O–H groups in total. The van der Waals surface area contributed by atoms with Crippen molar-refractivity contribution in [2.75, 3.05) is 11.5 Å². The van der Waals surface area contributed by atoms with Crippen LogP contribution in [-0.2, 0) is 13.1 Å². The predicted octanol–water partition coefficient (Wildman–Crippen LogP) is 7.27. The highest BCUT2D eigenvalue weighted by molar-refractivity contribution is 7.19. The quantitative estimate of drug-likeness (QED) is 0.138. The van der Waals surface area contributed by atoms with Crippen molar-refractivity contribution in [3.8, 4) is 43.8 Å². The fourth-order valence-electron chi connectivity index (χ4n) is 6.09. The van der Waals surface area contributed by atoms with Crippen molar-refractivity contribution < 1.29 is 13.6 Å². The smallest absolute Gasteiger partial charge is 0.260 e. The van der Waals surface area contributed by atoms with Gasteiger partial charge in [-0.25, -0.2) is 9.97 Å². The van der Waals surface area contributed by atoms with Crippen molar-refractivity contribution in [1.82, 2.24) is 19.1 Å². The summed E-state index contributed by atoms with van der Waals surface area (Å²) in [6.45, 7) is 0.498. The van der Waals surface area contributed by atoms with Crippen LogP contribution in [0.15, 0.2) is 140 Å². The Bertz CT molecular complexity index is 2470. The van der Waals surface area contributed by atoms with Crippen LogP contribution in [0.3, 0.4) is 0 Å². The largest absolute Gasteiger partial charge is 0.463 e. The fourth-order valence-corrected chi connectivity index (χ4v) is 7.87. The third-order valence-corrected chi connectivity index (χ3v) is 10.3. The molecule has 13 heteroatoms. The Morgan fingerprint density at radius 2 is 1.02 bits per heavy atom. The molecule has 6 heterocycles. The Morgan fingerprint density at radius 1 is 0.596 bits per heavy atom. The van der Waals surface area contributed by atoms with Crippen LogP contribution in [0.25, 0.3) is 43.8 Å². The van der Waals surface area contributed by atoms with Crippen LogP contribution in [0.1, 0.15) is 27.0 Å². The molecule has 2 aromatic carbocycles. The van der Waals surface area contributed by atoms with Crippen molar-refractivity contribution in [1.29, 1.82) is 0 Å². The van der Waals surface area contributed by atoms with E-state index in [0.717, 1.165) is 33.8 Å². The second kappa shape index (κ2) is 13.6. The van der Waals surface area contributed by atoms with Crippen LogP contribution in [0.4, 0.5) is 10.3 Å². The molecule has 0 unspecified atom stereocenters. The summed E-state index contributed by atoms with van der Waals surface area (Å²) in [5, 5.41) is 0.371. The summed E-state index contributed by atoms with van der Waals surface area (Å²) < 4.78 is 14.4. The van der Waals surface area contributed by atoms with E-state index in [2.05, 4.69) is 9.97 Å². The summed E-state index contributed by atoms with van der Waals surface area (Å²) >= 11 is 2.14. The lowest BCUT2D eigenvalue weighted by Crippen LogP contribution is -2.27. The van der Waals surface area contributed by atoms with E-state index in [9.17, 15) is 9.59 Å². The average Bonchev–Trinajstić information content (AvgIpc) is 3.99. The van der Waals surface area contributed by atoms with Gasteiger partial charge in [-0.3, -0.25) is 14.4 Å². The Labute approximate surface area is 303 Å². The topological polar surface area (TPSA) is 165 Å². The highest BCUT2D eigenvalue weighted by Crippen LogP contribution is 2.41. The van der Waals surface area contributed by atoms with Gasteiger partial charge in [0.2, 0.25) is 0 Å². The van der Waals surface area contributed by atoms with E-state index in [0.29, 0.717) is 32.7 Å². The monoisotopic (exact) mass is 724 g/mol. The lowest BCUT2D eigenvalue weighted by molar-refractivity contribution is 0.103. The van der Waals surface area contributed by atoms with Gasteiger partial charge in [-0.1, -0.05) is 83.3 Å². The molecule has 0 saturated heterocycles. The molecular formula is C39H28N6O5S2. The van der Waals surface area contributed by atoms with Crippen LogP contribution in [0.2, 0.25) is 0 Å². The first-order valence-electron chi connectivity index (χ1n) is 16.1. The summed E-state index contributed by atoms with van der Waals surface area (Å²) in [4.78, 5) is 53.9. The van der Waals surface area contributed by atoms with Crippen LogP contribution >= 0.6 is 22.7 Å². The van der Waals surface area contributed by atoms with Gasteiger partial charge in [-0.05, 0) is 47.5 Å². The molecule has 0 bridgehead atoms. The zero-order valence-electron chi connectivity index (χ0n) is 27.3. The molecule has 11 nitrogen and oxygen atoms in total. The highest BCUT2D eigenvalue weighted by Gasteiger charge is 2.30. The minimum atomic E-state index is -0.562. The number of aromatic nitrogens is 4. The number of thiazole rings is 2. The zero-order chi connectivity index (χ0) is 35.8. The maximum absolute atomic E-state index is 15.1. The summed E-state index contributed by atoms with van der Waals surface area (Å²) in [5.41, 5.74) is 14.3. The molecule has 0 saturated carbocycles. The summed E-state index contributed by atoms with van der Waals surface area (Å²) in [5.74, 6) is 0.200. The minimum Gasteiger partial charge on any atom is -0.463 e. The maximum atomic E-state index is 15.1. The standard InChI is InChI=1S/C39H28N6O5S2/c40-38-42-31(27-13-7-19-49-27)34(51-38)29-25(15-17-44(36(29)47)21-23-9-3-1-4-10-23)33(46)26-16-18-45(22-24-11-5-2-6-12-24)37(48)30(26)35-32(43-39(41)52-35)28-14-8-20-50-28/h1-20H,21-22H2,(H2,40,42)(H2,41,43). The van der Waals surface area contributed by atoms with Gasteiger partial charge < -0.3 is 29.4 Å². The highest BCUT2D eigenvalue weighted by atomic mass is 32.1. The van der Waals surface area contributed by atoms with Gasteiger partial charge in [-0.2, -0.15) is 0 Å². The third-order valence-electron chi connectivity index (χ3n) is 8.46.